The Kier molecular flexibility index (Phi) is 5.98. The minimum absolute atomic E-state index is 0.174. The lowest BCUT2D eigenvalue weighted by Crippen LogP contribution is -2.46. The Morgan fingerprint density at radius 1 is 1.09 bits per heavy atom. The van der Waals surface area contributed by atoms with E-state index in [0.29, 0.717) is 23.7 Å². The molecule has 7 nitrogen and oxygen atoms in total. The molecule has 0 saturated carbocycles. The van der Waals surface area contributed by atoms with Crippen LogP contribution in [0, 0.1) is 0 Å². The molecule has 22 heavy (non-hydrogen) atoms. The third-order valence-corrected chi connectivity index (χ3v) is 3.76. The second-order valence-electron chi connectivity index (χ2n) is 5.07. The van der Waals surface area contributed by atoms with Gasteiger partial charge in [0.05, 0.1) is 45.6 Å². The van der Waals surface area contributed by atoms with Gasteiger partial charge >= 0.3 is 0 Å². The largest absolute Gasteiger partial charge is 0.493 e. The molecule has 0 spiro atoms. The van der Waals surface area contributed by atoms with E-state index in [4.69, 9.17) is 18.9 Å². The van der Waals surface area contributed by atoms with Crippen molar-refractivity contribution < 1.29 is 29.2 Å². The molecule has 2 rings (SSSR count). The molecule has 1 aliphatic heterocycles. The Balaban J connectivity index is 2.37. The van der Waals surface area contributed by atoms with E-state index in [0.717, 1.165) is 5.56 Å². The molecular weight excluding hydrogens is 290 g/mol. The second kappa shape index (κ2) is 7.75. The molecule has 3 atom stereocenters. The minimum atomic E-state index is -0.835. The molecule has 0 unspecified atom stereocenters. The molecule has 124 valence electrons. The minimum Gasteiger partial charge on any atom is -0.493 e. The SMILES string of the molecule is COCOC[C@H]1N[C@H](CO)[C@@H](O)c2cc(OC)c(OC)cc21. The van der Waals surface area contributed by atoms with Crippen LogP contribution in [0.1, 0.15) is 23.3 Å². The highest BCUT2D eigenvalue weighted by Crippen LogP contribution is 2.39. The number of nitrogens with one attached hydrogen (secondary N) is 1. The molecular formula is C15H23NO6. The highest BCUT2D eigenvalue weighted by Gasteiger charge is 2.34. The number of ether oxygens (including phenoxy) is 4. The summed E-state index contributed by atoms with van der Waals surface area (Å²) in [5.74, 6) is 1.12. The molecule has 1 aromatic carbocycles. The van der Waals surface area contributed by atoms with Crippen LogP contribution in [-0.4, -0.2) is 57.6 Å². The fraction of sp³-hybridized carbons (Fsp3) is 0.600. The summed E-state index contributed by atoms with van der Waals surface area (Å²) in [5.41, 5.74) is 1.55. The first-order chi connectivity index (χ1) is 10.7. The van der Waals surface area contributed by atoms with Crippen LogP contribution in [0.2, 0.25) is 0 Å². The molecule has 1 heterocycles. The van der Waals surface area contributed by atoms with Crippen molar-refractivity contribution in [1.29, 1.82) is 0 Å². The number of fused-ring (bicyclic) bond motifs is 1. The van der Waals surface area contributed by atoms with Gasteiger partial charge in [0.15, 0.2) is 11.5 Å². The molecule has 0 bridgehead atoms. The van der Waals surface area contributed by atoms with Gasteiger partial charge in [0.2, 0.25) is 0 Å². The van der Waals surface area contributed by atoms with E-state index in [9.17, 15) is 10.2 Å². The van der Waals surface area contributed by atoms with Gasteiger partial charge in [-0.3, -0.25) is 0 Å². The number of aliphatic hydroxyl groups is 2. The maximum Gasteiger partial charge on any atom is 0.161 e. The van der Waals surface area contributed by atoms with E-state index in [2.05, 4.69) is 5.32 Å². The molecule has 0 saturated heterocycles. The molecule has 3 N–H and O–H groups in total. The van der Waals surface area contributed by atoms with E-state index in [1.165, 1.54) is 0 Å². The summed E-state index contributed by atoms with van der Waals surface area (Å²) in [6.07, 6.45) is -0.835. The summed E-state index contributed by atoms with van der Waals surface area (Å²) in [6.45, 7) is 0.336. The predicted octanol–water partition coefficient (Wildman–Crippen LogP) is 0.363. The Morgan fingerprint density at radius 2 is 1.73 bits per heavy atom. The molecule has 0 aromatic heterocycles. The van der Waals surface area contributed by atoms with Crippen LogP contribution in [0.4, 0.5) is 0 Å². The number of aliphatic hydroxyl groups excluding tert-OH is 2. The Hall–Kier alpha value is -1.38. The van der Waals surface area contributed by atoms with Crippen molar-refractivity contribution in [1.82, 2.24) is 5.32 Å². The number of hydrogen-bond donors (Lipinski definition) is 3. The highest BCUT2D eigenvalue weighted by atomic mass is 16.7. The summed E-state index contributed by atoms with van der Waals surface area (Å²) in [5, 5.41) is 23.0. The van der Waals surface area contributed by atoms with Gasteiger partial charge in [-0.25, -0.2) is 0 Å². The quantitative estimate of drug-likeness (QED) is 0.495. The van der Waals surface area contributed by atoms with Crippen molar-refractivity contribution in [2.75, 3.05) is 41.3 Å². The van der Waals surface area contributed by atoms with E-state index < -0.39 is 12.1 Å². The smallest absolute Gasteiger partial charge is 0.161 e. The van der Waals surface area contributed by atoms with Gasteiger partial charge in [0, 0.05) is 7.11 Å². The van der Waals surface area contributed by atoms with Crippen molar-refractivity contribution in [3.63, 3.8) is 0 Å². The fourth-order valence-corrected chi connectivity index (χ4v) is 2.66. The molecule has 7 heteroatoms. The molecule has 1 aromatic rings. The highest BCUT2D eigenvalue weighted by molar-refractivity contribution is 5.50. The topological polar surface area (TPSA) is 89.4 Å². The van der Waals surface area contributed by atoms with E-state index in [1.807, 2.05) is 6.07 Å². The van der Waals surface area contributed by atoms with Crippen LogP contribution >= 0.6 is 0 Å². The lowest BCUT2D eigenvalue weighted by atomic mass is 9.88. The fourth-order valence-electron chi connectivity index (χ4n) is 2.66. The van der Waals surface area contributed by atoms with Crippen molar-refractivity contribution in [2.24, 2.45) is 0 Å². The summed E-state index contributed by atoms with van der Waals surface area (Å²) in [4.78, 5) is 0. The lowest BCUT2D eigenvalue weighted by Gasteiger charge is -2.36. The number of methoxy groups -OCH3 is 3. The van der Waals surface area contributed by atoms with Gasteiger partial charge in [-0.15, -0.1) is 0 Å². The predicted molar refractivity (Wildman–Crippen MR) is 79.1 cm³/mol. The maximum atomic E-state index is 10.4. The first kappa shape index (κ1) is 17.0. The van der Waals surface area contributed by atoms with Gasteiger partial charge in [0.25, 0.3) is 0 Å². The summed E-state index contributed by atoms with van der Waals surface area (Å²) < 4.78 is 20.9. The van der Waals surface area contributed by atoms with Crippen molar-refractivity contribution >= 4 is 0 Å². The molecule has 0 radical (unpaired) electrons. The van der Waals surface area contributed by atoms with E-state index >= 15 is 0 Å². The van der Waals surface area contributed by atoms with Crippen molar-refractivity contribution in [3.8, 4) is 11.5 Å². The van der Waals surface area contributed by atoms with Crippen LogP contribution in [0.3, 0.4) is 0 Å². The number of rotatable bonds is 7. The van der Waals surface area contributed by atoms with Crippen molar-refractivity contribution in [3.05, 3.63) is 23.3 Å². The van der Waals surface area contributed by atoms with E-state index in [-0.39, 0.29) is 19.4 Å². The van der Waals surface area contributed by atoms with Crippen LogP contribution in [-0.2, 0) is 9.47 Å². The maximum absolute atomic E-state index is 10.4. The van der Waals surface area contributed by atoms with E-state index in [1.54, 1.807) is 27.4 Å². The van der Waals surface area contributed by atoms with Gasteiger partial charge < -0.3 is 34.5 Å². The Morgan fingerprint density at radius 3 is 2.27 bits per heavy atom. The molecule has 0 amide bonds. The van der Waals surface area contributed by atoms with Crippen LogP contribution in [0.15, 0.2) is 12.1 Å². The van der Waals surface area contributed by atoms with Crippen LogP contribution in [0.25, 0.3) is 0 Å². The van der Waals surface area contributed by atoms with Gasteiger partial charge in [-0.2, -0.15) is 0 Å². The average Bonchev–Trinajstić information content (AvgIpc) is 2.55. The summed E-state index contributed by atoms with van der Waals surface area (Å²) >= 11 is 0. The number of hydrogen-bond acceptors (Lipinski definition) is 7. The third-order valence-electron chi connectivity index (χ3n) is 3.76. The average molecular weight is 313 g/mol. The molecule has 1 aliphatic rings. The third kappa shape index (κ3) is 3.34. The molecule has 0 fully saturated rings. The second-order valence-corrected chi connectivity index (χ2v) is 5.07. The standard InChI is InChI=1S/C15H23NO6/c1-19-8-22-7-12-9-4-13(20-2)14(21-3)5-10(9)15(18)11(6-17)16-12/h4-5,11-12,15-18H,6-8H2,1-3H3/t11-,12-,15+/m1/s1. The summed E-state index contributed by atoms with van der Waals surface area (Å²) in [7, 11) is 4.65. The lowest BCUT2D eigenvalue weighted by molar-refractivity contribution is -0.0444. The zero-order chi connectivity index (χ0) is 16.1. The Labute approximate surface area is 129 Å². The number of benzene rings is 1. The summed E-state index contributed by atoms with van der Waals surface area (Å²) in [6, 6.07) is 2.90. The van der Waals surface area contributed by atoms with Gasteiger partial charge in [-0.1, -0.05) is 0 Å². The first-order valence-corrected chi connectivity index (χ1v) is 7.03. The van der Waals surface area contributed by atoms with Crippen LogP contribution < -0.4 is 14.8 Å². The molecule has 0 aliphatic carbocycles. The van der Waals surface area contributed by atoms with Crippen LogP contribution in [0.5, 0.6) is 11.5 Å². The first-order valence-electron chi connectivity index (χ1n) is 7.03. The normalized spacial score (nSPS) is 24.0. The van der Waals surface area contributed by atoms with Crippen molar-refractivity contribution in [2.45, 2.75) is 18.2 Å². The zero-order valence-corrected chi connectivity index (χ0v) is 13.0. The monoisotopic (exact) mass is 313 g/mol. The van der Waals surface area contributed by atoms with Gasteiger partial charge in [-0.05, 0) is 23.3 Å². The van der Waals surface area contributed by atoms with Gasteiger partial charge in [0.1, 0.15) is 6.79 Å². The zero-order valence-electron chi connectivity index (χ0n) is 13.0. The Bertz CT molecular complexity index is 495.